The largest absolute Gasteiger partial charge is 0.336 e. The second-order valence-corrected chi connectivity index (χ2v) is 10.1. The molecule has 0 aromatic heterocycles. The number of benzene rings is 2. The van der Waals surface area contributed by atoms with Gasteiger partial charge in [0.1, 0.15) is 0 Å². The van der Waals surface area contributed by atoms with Crippen molar-refractivity contribution >= 4 is 21.6 Å². The topological polar surface area (TPSA) is 60.9 Å². The zero-order valence-corrected chi connectivity index (χ0v) is 18.2. The fourth-order valence-corrected chi connectivity index (χ4v) is 5.71. The highest BCUT2D eigenvalue weighted by Crippen LogP contribution is 2.25. The maximum absolute atomic E-state index is 13.1. The lowest BCUT2D eigenvalue weighted by Crippen LogP contribution is -2.51. The average Bonchev–Trinajstić information content (AvgIpc) is 3.34. The lowest BCUT2D eigenvalue weighted by Gasteiger charge is -2.38. The first-order valence-corrected chi connectivity index (χ1v) is 12.1. The van der Waals surface area contributed by atoms with E-state index in [1.165, 1.54) is 43.1 Å². The van der Waals surface area contributed by atoms with E-state index in [0.717, 1.165) is 13.1 Å². The van der Waals surface area contributed by atoms with E-state index < -0.39 is 10.0 Å². The van der Waals surface area contributed by atoms with E-state index in [-0.39, 0.29) is 10.8 Å². The minimum atomic E-state index is -3.74. The van der Waals surface area contributed by atoms with Crippen LogP contribution in [0.4, 0.5) is 5.69 Å². The molecule has 160 valence electrons. The van der Waals surface area contributed by atoms with Crippen molar-refractivity contribution in [3.8, 4) is 0 Å². The number of carbonyl (C=O) groups excluding carboxylic acids is 1. The van der Waals surface area contributed by atoms with Gasteiger partial charge in [-0.05, 0) is 43.2 Å². The first-order chi connectivity index (χ1) is 14.5. The van der Waals surface area contributed by atoms with E-state index in [1.807, 2.05) is 11.0 Å². The molecule has 4 rings (SSSR count). The second-order valence-electron chi connectivity index (χ2n) is 8.10. The summed E-state index contributed by atoms with van der Waals surface area (Å²) in [4.78, 5) is 17.5. The van der Waals surface area contributed by atoms with Crippen molar-refractivity contribution in [1.82, 2.24) is 9.80 Å². The Morgan fingerprint density at radius 2 is 1.60 bits per heavy atom. The predicted molar refractivity (Wildman–Crippen MR) is 118 cm³/mol. The summed E-state index contributed by atoms with van der Waals surface area (Å²) in [7, 11) is -2.22. The Hall–Kier alpha value is -2.38. The van der Waals surface area contributed by atoms with Crippen LogP contribution in [0.25, 0.3) is 0 Å². The molecule has 2 aromatic carbocycles. The van der Waals surface area contributed by atoms with Crippen LogP contribution in [0, 0.1) is 0 Å². The molecule has 1 amide bonds. The molecule has 0 bridgehead atoms. The highest BCUT2D eigenvalue weighted by atomic mass is 32.2. The van der Waals surface area contributed by atoms with E-state index in [1.54, 1.807) is 42.5 Å². The van der Waals surface area contributed by atoms with Crippen LogP contribution in [0.1, 0.15) is 36.0 Å². The Morgan fingerprint density at radius 1 is 0.933 bits per heavy atom. The molecule has 0 N–H and O–H groups in total. The molecule has 2 fully saturated rings. The number of nitrogens with zero attached hydrogens (tertiary/aromatic N) is 3. The molecule has 1 aliphatic carbocycles. The summed E-state index contributed by atoms with van der Waals surface area (Å²) < 4.78 is 27.4. The monoisotopic (exact) mass is 427 g/mol. The van der Waals surface area contributed by atoms with Crippen LogP contribution >= 0.6 is 0 Å². The maximum atomic E-state index is 13.1. The van der Waals surface area contributed by atoms with Gasteiger partial charge in [-0.25, -0.2) is 8.42 Å². The Bertz CT molecular complexity index is 980. The molecular weight excluding hydrogens is 398 g/mol. The van der Waals surface area contributed by atoms with E-state index in [0.29, 0.717) is 30.4 Å². The minimum absolute atomic E-state index is 0.0968. The van der Waals surface area contributed by atoms with Crippen LogP contribution in [0.5, 0.6) is 0 Å². The molecule has 7 heteroatoms. The van der Waals surface area contributed by atoms with E-state index in [9.17, 15) is 13.2 Å². The van der Waals surface area contributed by atoms with Gasteiger partial charge in [0, 0.05) is 44.8 Å². The van der Waals surface area contributed by atoms with Gasteiger partial charge in [-0.2, -0.15) is 0 Å². The number of hydrogen-bond donors (Lipinski definition) is 0. The minimum Gasteiger partial charge on any atom is -0.336 e. The SMILES string of the molecule is CN(c1ccccc1)S(=O)(=O)c1cccc(C(=O)N2CCN(C3CCCC3)CC2)c1. The fourth-order valence-electron chi connectivity index (χ4n) is 4.47. The number of rotatable bonds is 5. The summed E-state index contributed by atoms with van der Waals surface area (Å²) in [5, 5.41) is 0. The van der Waals surface area contributed by atoms with Crippen LogP contribution in [-0.2, 0) is 10.0 Å². The van der Waals surface area contributed by atoms with Crippen molar-refractivity contribution in [2.24, 2.45) is 0 Å². The van der Waals surface area contributed by atoms with E-state index in [2.05, 4.69) is 4.90 Å². The number of para-hydroxylation sites is 1. The molecule has 1 aliphatic heterocycles. The molecule has 1 saturated heterocycles. The molecular formula is C23H29N3O3S. The van der Waals surface area contributed by atoms with Crippen molar-refractivity contribution < 1.29 is 13.2 Å². The number of carbonyl (C=O) groups is 1. The lowest BCUT2D eigenvalue weighted by molar-refractivity contribution is 0.0573. The molecule has 2 aromatic rings. The van der Waals surface area contributed by atoms with Crippen LogP contribution in [-0.4, -0.2) is 63.4 Å². The van der Waals surface area contributed by atoms with Crippen LogP contribution in [0.2, 0.25) is 0 Å². The van der Waals surface area contributed by atoms with Gasteiger partial charge in [0.25, 0.3) is 15.9 Å². The molecule has 1 heterocycles. The summed E-state index contributed by atoms with van der Waals surface area (Å²) >= 11 is 0. The first-order valence-electron chi connectivity index (χ1n) is 10.6. The molecule has 30 heavy (non-hydrogen) atoms. The Morgan fingerprint density at radius 3 is 2.27 bits per heavy atom. The second kappa shape index (κ2) is 8.78. The molecule has 0 spiro atoms. The van der Waals surface area contributed by atoms with Crippen molar-refractivity contribution in [2.45, 2.75) is 36.6 Å². The van der Waals surface area contributed by atoms with E-state index >= 15 is 0 Å². The molecule has 0 radical (unpaired) electrons. The van der Waals surface area contributed by atoms with Crippen LogP contribution in [0.3, 0.4) is 0 Å². The molecule has 1 saturated carbocycles. The van der Waals surface area contributed by atoms with Gasteiger partial charge in [-0.1, -0.05) is 37.1 Å². The molecule has 6 nitrogen and oxygen atoms in total. The number of anilines is 1. The van der Waals surface area contributed by atoms with Gasteiger partial charge in [-0.15, -0.1) is 0 Å². The van der Waals surface area contributed by atoms with Gasteiger partial charge in [0.05, 0.1) is 10.6 Å². The Balaban J connectivity index is 1.47. The summed E-state index contributed by atoms with van der Waals surface area (Å²) in [5.74, 6) is -0.0968. The third kappa shape index (κ3) is 4.23. The number of hydrogen-bond acceptors (Lipinski definition) is 4. The van der Waals surface area contributed by atoms with Gasteiger partial charge in [0.2, 0.25) is 0 Å². The summed E-state index contributed by atoms with van der Waals surface area (Å²) in [6, 6.07) is 16.0. The maximum Gasteiger partial charge on any atom is 0.264 e. The van der Waals surface area contributed by atoms with Crippen molar-refractivity contribution in [2.75, 3.05) is 37.5 Å². The highest BCUT2D eigenvalue weighted by Gasteiger charge is 2.29. The van der Waals surface area contributed by atoms with Gasteiger partial charge >= 0.3 is 0 Å². The van der Waals surface area contributed by atoms with E-state index in [4.69, 9.17) is 0 Å². The van der Waals surface area contributed by atoms with Crippen molar-refractivity contribution in [3.63, 3.8) is 0 Å². The number of piperazine rings is 1. The molecule has 0 atom stereocenters. The third-order valence-electron chi connectivity index (χ3n) is 6.30. The molecule has 2 aliphatic rings. The van der Waals surface area contributed by atoms with Gasteiger partial charge in [0.15, 0.2) is 0 Å². The average molecular weight is 428 g/mol. The van der Waals surface area contributed by atoms with Crippen LogP contribution in [0.15, 0.2) is 59.5 Å². The smallest absolute Gasteiger partial charge is 0.264 e. The Kier molecular flexibility index (Phi) is 6.11. The number of amides is 1. The van der Waals surface area contributed by atoms with Gasteiger partial charge in [-0.3, -0.25) is 14.0 Å². The summed E-state index contributed by atoms with van der Waals surface area (Å²) in [5.41, 5.74) is 1.00. The zero-order valence-electron chi connectivity index (χ0n) is 17.4. The zero-order chi connectivity index (χ0) is 21.1. The standard InChI is InChI=1S/C23H29N3O3S/c1-24(20-9-3-2-4-10-20)30(28,29)22-13-7-8-19(18-22)23(27)26-16-14-25(15-17-26)21-11-5-6-12-21/h2-4,7-10,13,18,21H,5-6,11-12,14-17H2,1H3. The number of sulfonamides is 1. The normalized spacial score (nSPS) is 18.5. The summed E-state index contributed by atoms with van der Waals surface area (Å²) in [6.45, 7) is 3.17. The lowest BCUT2D eigenvalue weighted by atomic mass is 10.1. The molecule has 0 unspecified atom stereocenters. The van der Waals surface area contributed by atoms with Crippen molar-refractivity contribution in [1.29, 1.82) is 0 Å². The summed E-state index contributed by atoms with van der Waals surface area (Å²) in [6.07, 6.45) is 5.15. The Labute approximate surface area is 179 Å². The quantitative estimate of drug-likeness (QED) is 0.735. The fraction of sp³-hybridized carbons (Fsp3) is 0.435. The van der Waals surface area contributed by atoms with Crippen LogP contribution < -0.4 is 4.31 Å². The first kappa shape index (κ1) is 20.9. The third-order valence-corrected chi connectivity index (χ3v) is 8.08. The highest BCUT2D eigenvalue weighted by molar-refractivity contribution is 7.92. The van der Waals surface area contributed by atoms with Gasteiger partial charge < -0.3 is 4.90 Å². The predicted octanol–water partition coefficient (Wildman–Crippen LogP) is 3.21. The van der Waals surface area contributed by atoms with Crippen molar-refractivity contribution in [3.05, 3.63) is 60.2 Å².